The number of para-hydroxylation sites is 1. The van der Waals surface area contributed by atoms with E-state index < -0.39 is 5.82 Å². The van der Waals surface area contributed by atoms with Gasteiger partial charge < -0.3 is 10.6 Å². The normalized spacial score (nSPS) is 10.4. The van der Waals surface area contributed by atoms with Crippen LogP contribution in [0.3, 0.4) is 0 Å². The van der Waals surface area contributed by atoms with E-state index in [0.29, 0.717) is 17.1 Å². The second-order valence-corrected chi connectivity index (χ2v) is 4.69. The van der Waals surface area contributed by atoms with Crippen molar-refractivity contribution in [2.75, 3.05) is 17.7 Å². The lowest BCUT2D eigenvalue weighted by Crippen LogP contribution is -2.13. The van der Waals surface area contributed by atoms with Crippen LogP contribution in [-0.2, 0) is 0 Å². The molecule has 0 aliphatic heterocycles. The summed E-state index contributed by atoms with van der Waals surface area (Å²) >= 11 is 3.05. The van der Waals surface area contributed by atoms with E-state index in [1.165, 1.54) is 23.1 Å². The van der Waals surface area contributed by atoms with Crippen LogP contribution >= 0.6 is 15.9 Å². The fourth-order valence-electron chi connectivity index (χ4n) is 1.70. The van der Waals surface area contributed by atoms with Gasteiger partial charge in [0, 0.05) is 13.1 Å². The van der Waals surface area contributed by atoms with E-state index in [9.17, 15) is 8.78 Å². The van der Waals surface area contributed by atoms with Crippen molar-refractivity contribution < 1.29 is 8.78 Å². The van der Waals surface area contributed by atoms with Gasteiger partial charge in [-0.3, -0.25) is 0 Å². The van der Waals surface area contributed by atoms with Gasteiger partial charge >= 0.3 is 0 Å². The maximum absolute atomic E-state index is 13.7. The summed E-state index contributed by atoms with van der Waals surface area (Å²) in [6.45, 7) is 0. The van der Waals surface area contributed by atoms with E-state index in [0.717, 1.165) is 0 Å². The Morgan fingerprint density at radius 1 is 1.06 bits per heavy atom. The minimum atomic E-state index is -0.442. The Morgan fingerprint density at radius 3 is 2.39 bits per heavy atom. The lowest BCUT2D eigenvalue weighted by atomic mass is 10.2. The highest BCUT2D eigenvalue weighted by molar-refractivity contribution is 9.10. The Labute approximate surface area is 112 Å². The summed E-state index contributed by atoms with van der Waals surface area (Å²) in [6, 6.07) is 8.98. The van der Waals surface area contributed by atoms with Gasteiger partial charge in [0.25, 0.3) is 0 Å². The first-order chi connectivity index (χ1) is 8.50. The lowest BCUT2D eigenvalue weighted by Gasteiger charge is -2.22. The van der Waals surface area contributed by atoms with Crippen LogP contribution < -0.4 is 10.6 Å². The van der Waals surface area contributed by atoms with Gasteiger partial charge in [-0.2, -0.15) is 0 Å². The third kappa shape index (κ3) is 2.31. The van der Waals surface area contributed by atoms with Crippen LogP contribution in [0.25, 0.3) is 0 Å². The molecule has 0 radical (unpaired) electrons. The highest BCUT2D eigenvalue weighted by Crippen LogP contribution is 2.33. The zero-order chi connectivity index (χ0) is 13.3. The highest BCUT2D eigenvalue weighted by atomic mass is 79.9. The van der Waals surface area contributed by atoms with Crippen molar-refractivity contribution in [3.8, 4) is 0 Å². The fourth-order valence-corrected chi connectivity index (χ4v) is 2.06. The van der Waals surface area contributed by atoms with Gasteiger partial charge in [-0.1, -0.05) is 12.1 Å². The smallest absolute Gasteiger partial charge is 0.146 e. The molecular weight excluding hydrogens is 302 g/mol. The number of nitrogens with zero attached hydrogens (tertiary/aromatic N) is 1. The summed E-state index contributed by atoms with van der Waals surface area (Å²) in [5.41, 5.74) is 6.94. The zero-order valence-corrected chi connectivity index (χ0v) is 11.2. The number of nitrogens with two attached hydrogens (primary N) is 1. The van der Waals surface area contributed by atoms with E-state index in [-0.39, 0.29) is 10.3 Å². The molecule has 0 unspecified atom stereocenters. The third-order valence-electron chi connectivity index (χ3n) is 2.64. The maximum atomic E-state index is 13.7. The largest absolute Gasteiger partial charge is 0.397 e. The first-order valence-corrected chi connectivity index (χ1v) is 6.03. The topological polar surface area (TPSA) is 29.3 Å². The number of anilines is 3. The van der Waals surface area contributed by atoms with Crippen molar-refractivity contribution in [3.63, 3.8) is 0 Å². The highest BCUT2D eigenvalue weighted by Gasteiger charge is 2.14. The average molecular weight is 313 g/mol. The second kappa shape index (κ2) is 4.94. The van der Waals surface area contributed by atoms with E-state index in [1.54, 1.807) is 25.2 Å². The summed E-state index contributed by atoms with van der Waals surface area (Å²) in [5.74, 6) is -0.829. The molecule has 18 heavy (non-hydrogen) atoms. The summed E-state index contributed by atoms with van der Waals surface area (Å²) in [4.78, 5) is 1.51. The summed E-state index contributed by atoms with van der Waals surface area (Å²) < 4.78 is 27.4. The molecule has 0 saturated carbocycles. The molecule has 2 aromatic carbocycles. The monoisotopic (exact) mass is 312 g/mol. The van der Waals surface area contributed by atoms with E-state index >= 15 is 0 Å². The number of hydrogen-bond donors (Lipinski definition) is 1. The minimum absolute atomic E-state index is 0.283. The molecule has 94 valence electrons. The van der Waals surface area contributed by atoms with Crippen LogP contribution in [0, 0.1) is 11.6 Å². The third-order valence-corrected chi connectivity index (χ3v) is 3.25. The summed E-state index contributed by atoms with van der Waals surface area (Å²) in [6.07, 6.45) is 0. The minimum Gasteiger partial charge on any atom is -0.397 e. The van der Waals surface area contributed by atoms with Crippen molar-refractivity contribution in [3.05, 3.63) is 52.5 Å². The standard InChI is InChI=1S/C13H11BrF2N2/c1-18(12-5-3-2-4-9(12)15)13-7-10(16)8(14)6-11(13)17/h2-7H,17H2,1H3. The lowest BCUT2D eigenvalue weighted by molar-refractivity contribution is 0.619. The molecule has 0 saturated heterocycles. The first-order valence-electron chi connectivity index (χ1n) is 5.23. The summed E-state index contributed by atoms with van der Waals surface area (Å²) in [5, 5.41) is 0. The molecule has 0 aliphatic carbocycles. The van der Waals surface area contributed by atoms with E-state index in [4.69, 9.17) is 5.73 Å². The van der Waals surface area contributed by atoms with Crippen LogP contribution in [0.5, 0.6) is 0 Å². The van der Waals surface area contributed by atoms with Crippen molar-refractivity contribution in [2.24, 2.45) is 0 Å². The number of hydrogen-bond acceptors (Lipinski definition) is 2. The molecule has 0 fully saturated rings. The molecule has 2 rings (SSSR count). The van der Waals surface area contributed by atoms with Gasteiger partial charge in [0.1, 0.15) is 11.6 Å². The Kier molecular flexibility index (Phi) is 3.52. The van der Waals surface area contributed by atoms with Gasteiger partial charge in [0.2, 0.25) is 0 Å². The van der Waals surface area contributed by atoms with Crippen LogP contribution in [0.4, 0.5) is 25.8 Å². The van der Waals surface area contributed by atoms with Crippen molar-refractivity contribution >= 4 is 33.0 Å². The molecule has 2 aromatic rings. The Morgan fingerprint density at radius 2 is 1.72 bits per heavy atom. The van der Waals surface area contributed by atoms with Crippen molar-refractivity contribution in [1.29, 1.82) is 0 Å². The van der Waals surface area contributed by atoms with Gasteiger partial charge in [0.05, 0.1) is 21.5 Å². The average Bonchev–Trinajstić information content (AvgIpc) is 2.33. The molecule has 0 amide bonds. The Hall–Kier alpha value is -1.62. The molecule has 5 heteroatoms. The molecular formula is C13H11BrF2N2. The number of nitrogen functional groups attached to an aromatic ring is 1. The van der Waals surface area contributed by atoms with E-state index in [1.807, 2.05) is 0 Å². The van der Waals surface area contributed by atoms with Crippen molar-refractivity contribution in [1.82, 2.24) is 0 Å². The molecule has 0 heterocycles. The zero-order valence-electron chi connectivity index (χ0n) is 9.62. The Bertz CT molecular complexity index is 587. The molecule has 0 aliphatic rings. The first kappa shape index (κ1) is 12.8. The number of rotatable bonds is 2. The second-order valence-electron chi connectivity index (χ2n) is 3.84. The predicted octanol–water partition coefficient (Wildman–Crippen LogP) is 4.08. The molecule has 0 aromatic heterocycles. The van der Waals surface area contributed by atoms with Gasteiger partial charge in [-0.05, 0) is 34.1 Å². The fraction of sp³-hybridized carbons (Fsp3) is 0.0769. The van der Waals surface area contributed by atoms with Crippen molar-refractivity contribution in [2.45, 2.75) is 0 Å². The van der Waals surface area contributed by atoms with Gasteiger partial charge in [-0.15, -0.1) is 0 Å². The maximum Gasteiger partial charge on any atom is 0.146 e. The molecule has 2 nitrogen and oxygen atoms in total. The van der Waals surface area contributed by atoms with Gasteiger partial charge in [-0.25, -0.2) is 8.78 Å². The van der Waals surface area contributed by atoms with Crippen LogP contribution in [0.1, 0.15) is 0 Å². The molecule has 0 bridgehead atoms. The summed E-state index contributed by atoms with van der Waals surface area (Å²) in [7, 11) is 1.64. The molecule has 0 spiro atoms. The van der Waals surface area contributed by atoms with E-state index in [2.05, 4.69) is 15.9 Å². The molecule has 2 N–H and O–H groups in total. The number of benzene rings is 2. The van der Waals surface area contributed by atoms with Crippen LogP contribution in [0.2, 0.25) is 0 Å². The Balaban J connectivity index is 2.50. The van der Waals surface area contributed by atoms with Crippen LogP contribution in [-0.4, -0.2) is 7.05 Å². The quantitative estimate of drug-likeness (QED) is 0.847. The van der Waals surface area contributed by atoms with Crippen LogP contribution in [0.15, 0.2) is 40.9 Å². The molecule has 0 atom stereocenters. The van der Waals surface area contributed by atoms with Gasteiger partial charge in [0.15, 0.2) is 0 Å². The predicted molar refractivity (Wildman–Crippen MR) is 73.0 cm³/mol. The SMILES string of the molecule is CN(c1cc(F)c(Br)cc1N)c1ccccc1F. The number of halogens is 3.